The van der Waals surface area contributed by atoms with Crippen LogP contribution in [0.2, 0.25) is 0 Å². The van der Waals surface area contributed by atoms with E-state index in [1.54, 1.807) is 31.4 Å². The first-order chi connectivity index (χ1) is 9.67. The van der Waals surface area contributed by atoms with Crippen molar-refractivity contribution in [1.82, 2.24) is 10.9 Å². The zero-order chi connectivity index (χ0) is 14.8. The molecule has 0 aliphatic carbocycles. The van der Waals surface area contributed by atoms with Gasteiger partial charge in [0.05, 0.1) is 6.61 Å². The molecule has 0 aliphatic heterocycles. The van der Waals surface area contributed by atoms with E-state index in [0.717, 1.165) is 6.42 Å². The Kier molecular flexibility index (Phi) is 7.13. The van der Waals surface area contributed by atoms with E-state index in [4.69, 9.17) is 9.47 Å². The topological polar surface area (TPSA) is 76.7 Å². The summed E-state index contributed by atoms with van der Waals surface area (Å²) in [4.78, 5) is 23.0. The SMILES string of the molecule is CCCC(=O)NNC(=O)c1ccc(OCCOC)cc1. The molecule has 1 aromatic carbocycles. The number of carbonyl (C=O) groups excluding carboxylic acids is 2. The Morgan fingerprint density at radius 2 is 1.80 bits per heavy atom. The van der Waals surface area contributed by atoms with Crippen LogP contribution in [0.4, 0.5) is 0 Å². The van der Waals surface area contributed by atoms with Crippen LogP contribution in [0.15, 0.2) is 24.3 Å². The van der Waals surface area contributed by atoms with Gasteiger partial charge in [-0.1, -0.05) is 6.92 Å². The third-order valence-corrected chi connectivity index (χ3v) is 2.47. The highest BCUT2D eigenvalue weighted by atomic mass is 16.5. The fourth-order valence-corrected chi connectivity index (χ4v) is 1.43. The van der Waals surface area contributed by atoms with E-state index in [1.807, 2.05) is 6.92 Å². The number of benzene rings is 1. The Labute approximate surface area is 118 Å². The number of hydrogen-bond donors (Lipinski definition) is 2. The van der Waals surface area contributed by atoms with Gasteiger partial charge in [0.2, 0.25) is 5.91 Å². The van der Waals surface area contributed by atoms with Crippen molar-refractivity contribution >= 4 is 11.8 Å². The van der Waals surface area contributed by atoms with Crippen molar-refractivity contribution in [2.24, 2.45) is 0 Å². The van der Waals surface area contributed by atoms with E-state index in [1.165, 1.54) is 0 Å². The summed E-state index contributed by atoms with van der Waals surface area (Å²) in [7, 11) is 1.60. The van der Waals surface area contributed by atoms with Gasteiger partial charge < -0.3 is 9.47 Å². The summed E-state index contributed by atoms with van der Waals surface area (Å²) in [5.74, 6) is 0.0897. The van der Waals surface area contributed by atoms with Gasteiger partial charge in [0.1, 0.15) is 12.4 Å². The lowest BCUT2D eigenvalue weighted by Gasteiger charge is -2.08. The van der Waals surface area contributed by atoms with E-state index in [2.05, 4.69) is 10.9 Å². The van der Waals surface area contributed by atoms with Crippen LogP contribution >= 0.6 is 0 Å². The van der Waals surface area contributed by atoms with Crippen LogP contribution in [0.5, 0.6) is 5.75 Å². The molecule has 0 fully saturated rings. The molecular formula is C14H20N2O4. The predicted octanol–water partition coefficient (Wildman–Crippen LogP) is 1.27. The second-order valence-corrected chi connectivity index (χ2v) is 4.12. The molecule has 20 heavy (non-hydrogen) atoms. The van der Waals surface area contributed by atoms with Gasteiger partial charge >= 0.3 is 0 Å². The lowest BCUT2D eigenvalue weighted by Crippen LogP contribution is -2.41. The van der Waals surface area contributed by atoms with Crippen molar-refractivity contribution in [3.05, 3.63) is 29.8 Å². The van der Waals surface area contributed by atoms with E-state index in [0.29, 0.717) is 30.9 Å². The molecule has 2 amide bonds. The molecule has 0 bridgehead atoms. The molecule has 0 radical (unpaired) electrons. The number of rotatable bonds is 7. The molecule has 6 nitrogen and oxygen atoms in total. The third kappa shape index (κ3) is 5.71. The number of amides is 2. The summed E-state index contributed by atoms with van der Waals surface area (Å²) in [6.45, 7) is 2.85. The second-order valence-electron chi connectivity index (χ2n) is 4.12. The first kappa shape index (κ1) is 16.0. The maximum atomic E-state index is 11.7. The number of nitrogens with one attached hydrogen (secondary N) is 2. The minimum Gasteiger partial charge on any atom is -0.491 e. The smallest absolute Gasteiger partial charge is 0.269 e. The van der Waals surface area contributed by atoms with Crippen molar-refractivity contribution in [3.63, 3.8) is 0 Å². The quantitative estimate of drug-likeness (QED) is 0.582. The van der Waals surface area contributed by atoms with E-state index < -0.39 is 0 Å². The first-order valence-electron chi connectivity index (χ1n) is 6.48. The number of methoxy groups -OCH3 is 1. The third-order valence-electron chi connectivity index (χ3n) is 2.47. The van der Waals surface area contributed by atoms with Crippen molar-refractivity contribution in [3.8, 4) is 5.75 Å². The molecule has 0 saturated heterocycles. The van der Waals surface area contributed by atoms with Gasteiger partial charge in [-0.05, 0) is 30.7 Å². The first-order valence-corrected chi connectivity index (χ1v) is 6.48. The van der Waals surface area contributed by atoms with E-state index in [-0.39, 0.29) is 11.8 Å². The van der Waals surface area contributed by atoms with Crippen LogP contribution < -0.4 is 15.6 Å². The molecule has 0 aromatic heterocycles. The lowest BCUT2D eigenvalue weighted by molar-refractivity contribution is -0.121. The van der Waals surface area contributed by atoms with Crippen LogP contribution in [0.25, 0.3) is 0 Å². The Balaban J connectivity index is 2.42. The molecule has 0 atom stereocenters. The monoisotopic (exact) mass is 280 g/mol. The molecule has 2 N–H and O–H groups in total. The van der Waals surface area contributed by atoms with Crippen molar-refractivity contribution in [2.75, 3.05) is 20.3 Å². The minimum atomic E-state index is -0.363. The molecule has 1 aromatic rings. The van der Waals surface area contributed by atoms with Crippen LogP contribution in [0.3, 0.4) is 0 Å². The molecule has 0 spiro atoms. The van der Waals surface area contributed by atoms with Gasteiger partial charge in [0.15, 0.2) is 0 Å². The summed E-state index contributed by atoms with van der Waals surface area (Å²) < 4.78 is 10.3. The highest BCUT2D eigenvalue weighted by molar-refractivity contribution is 5.95. The Morgan fingerprint density at radius 1 is 1.10 bits per heavy atom. The van der Waals surface area contributed by atoms with Crippen LogP contribution in [-0.2, 0) is 9.53 Å². The van der Waals surface area contributed by atoms with E-state index >= 15 is 0 Å². The maximum absolute atomic E-state index is 11.7. The number of hydrogen-bond acceptors (Lipinski definition) is 4. The number of hydrazine groups is 1. The molecule has 0 heterocycles. The normalized spacial score (nSPS) is 9.90. The summed E-state index contributed by atoms with van der Waals surface area (Å²) in [6.07, 6.45) is 1.11. The average Bonchev–Trinajstić information content (AvgIpc) is 2.46. The average molecular weight is 280 g/mol. The van der Waals surface area contributed by atoms with Crippen LogP contribution in [-0.4, -0.2) is 32.1 Å². The van der Waals surface area contributed by atoms with Gasteiger partial charge in [-0.25, -0.2) is 0 Å². The molecule has 1 rings (SSSR count). The molecule has 110 valence electrons. The fourth-order valence-electron chi connectivity index (χ4n) is 1.43. The van der Waals surface area contributed by atoms with Gasteiger partial charge in [0.25, 0.3) is 5.91 Å². The zero-order valence-electron chi connectivity index (χ0n) is 11.8. The minimum absolute atomic E-state index is 0.208. The summed E-state index contributed by atoms with van der Waals surface area (Å²) in [5, 5.41) is 0. The van der Waals surface area contributed by atoms with Gasteiger partial charge in [-0.3, -0.25) is 20.4 Å². The Bertz CT molecular complexity index is 431. The highest BCUT2D eigenvalue weighted by Crippen LogP contribution is 2.11. The zero-order valence-corrected chi connectivity index (χ0v) is 11.8. The predicted molar refractivity (Wildman–Crippen MR) is 74.3 cm³/mol. The Hall–Kier alpha value is -2.08. The number of ether oxygens (including phenoxy) is 2. The number of carbonyl (C=O) groups is 2. The molecule has 0 unspecified atom stereocenters. The largest absolute Gasteiger partial charge is 0.491 e. The van der Waals surface area contributed by atoms with Crippen LogP contribution in [0, 0.1) is 0 Å². The van der Waals surface area contributed by atoms with Gasteiger partial charge in [-0.2, -0.15) is 0 Å². The highest BCUT2D eigenvalue weighted by Gasteiger charge is 2.06. The van der Waals surface area contributed by atoms with Crippen molar-refractivity contribution in [2.45, 2.75) is 19.8 Å². The maximum Gasteiger partial charge on any atom is 0.269 e. The van der Waals surface area contributed by atoms with Gasteiger partial charge in [0, 0.05) is 19.1 Å². The molecule has 0 saturated carbocycles. The molecular weight excluding hydrogens is 260 g/mol. The summed E-state index contributed by atoms with van der Waals surface area (Å²) in [6, 6.07) is 6.64. The Morgan fingerprint density at radius 3 is 2.40 bits per heavy atom. The standard InChI is InChI=1S/C14H20N2O4/c1-3-4-13(17)15-16-14(18)11-5-7-12(8-6-11)20-10-9-19-2/h5-8H,3-4,9-10H2,1-2H3,(H,15,17)(H,16,18). The van der Waals surface area contributed by atoms with E-state index in [9.17, 15) is 9.59 Å². The molecule has 0 aliphatic rings. The lowest BCUT2D eigenvalue weighted by atomic mass is 10.2. The second kappa shape index (κ2) is 8.92. The molecule has 6 heteroatoms. The van der Waals surface area contributed by atoms with Gasteiger partial charge in [-0.15, -0.1) is 0 Å². The fraction of sp³-hybridized carbons (Fsp3) is 0.429. The van der Waals surface area contributed by atoms with Crippen LogP contribution in [0.1, 0.15) is 30.1 Å². The van der Waals surface area contributed by atoms with Crippen molar-refractivity contribution in [1.29, 1.82) is 0 Å². The van der Waals surface area contributed by atoms with Crippen molar-refractivity contribution < 1.29 is 19.1 Å². The summed E-state index contributed by atoms with van der Waals surface area (Å²) >= 11 is 0. The summed E-state index contributed by atoms with van der Waals surface area (Å²) in [5.41, 5.74) is 5.15.